The van der Waals surface area contributed by atoms with Crippen molar-refractivity contribution in [3.8, 4) is 10.7 Å². The van der Waals surface area contributed by atoms with Crippen molar-refractivity contribution in [3.05, 3.63) is 71.8 Å². The molecule has 29 heavy (non-hydrogen) atoms. The molecule has 0 atom stereocenters. The number of carbonyl (C=O) groups excluding carboxylic acids is 2. The van der Waals surface area contributed by atoms with Crippen molar-refractivity contribution in [1.29, 1.82) is 0 Å². The van der Waals surface area contributed by atoms with Crippen LogP contribution in [0.5, 0.6) is 0 Å². The van der Waals surface area contributed by atoms with Gasteiger partial charge in [0.1, 0.15) is 0 Å². The molecule has 4 rings (SSSR count). The van der Waals surface area contributed by atoms with Crippen molar-refractivity contribution in [2.45, 2.75) is 12.8 Å². The minimum absolute atomic E-state index is 0.173. The van der Waals surface area contributed by atoms with E-state index in [4.69, 9.17) is 8.94 Å². The fourth-order valence-corrected chi connectivity index (χ4v) is 3.19. The number of benzene rings is 1. The summed E-state index contributed by atoms with van der Waals surface area (Å²) in [4.78, 5) is 29.3. The number of amides is 2. The number of carbonyl (C=O) groups is 2. The summed E-state index contributed by atoms with van der Waals surface area (Å²) in [5.41, 5.74) is 1.21. The summed E-state index contributed by atoms with van der Waals surface area (Å²) in [6.07, 6.45) is 2.00. The molecule has 3 heterocycles. The minimum Gasteiger partial charge on any atom is -0.459 e. The van der Waals surface area contributed by atoms with Crippen LogP contribution in [-0.2, 0) is 11.2 Å². The molecule has 0 aliphatic heterocycles. The Bertz CT molecular complexity index is 1090. The van der Waals surface area contributed by atoms with Crippen LogP contribution in [0.4, 0.5) is 11.4 Å². The van der Waals surface area contributed by atoms with E-state index < -0.39 is 0 Å². The fourth-order valence-electron chi connectivity index (χ4n) is 2.54. The van der Waals surface area contributed by atoms with Crippen LogP contribution >= 0.6 is 11.3 Å². The number of hydrogen-bond acceptors (Lipinski definition) is 7. The zero-order chi connectivity index (χ0) is 20.1. The zero-order valence-corrected chi connectivity index (χ0v) is 15.9. The number of nitrogens with one attached hydrogen (secondary N) is 2. The fraction of sp³-hybridized carbons (Fsp3) is 0.100. The van der Waals surface area contributed by atoms with E-state index >= 15 is 0 Å². The molecule has 1 aromatic carbocycles. The van der Waals surface area contributed by atoms with Gasteiger partial charge in [-0.2, -0.15) is 4.98 Å². The Morgan fingerprint density at radius 1 is 1.00 bits per heavy atom. The third-order valence-electron chi connectivity index (χ3n) is 3.95. The molecule has 0 unspecified atom stereocenters. The van der Waals surface area contributed by atoms with Crippen molar-refractivity contribution >= 4 is 34.5 Å². The van der Waals surface area contributed by atoms with Gasteiger partial charge in [-0.25, -0.2) is 0 Å². The summed E-state index contributed by atoms with van der Waals surface area (Å²) in [6.45, 7) is 0. The molecular weight excluding hydrogens is 392 g/mol. The maximum absolute atomic E-state index is 12.2. The first kappa shape index (κ1) is 18.6. The highest BCUT2D eigenvalue weighted by Gasteiger charge is 2.12. The van der Waals surface area contributed by atoms with Gasteiger partial charge in [0.2, 0.25) is 17.6 Å². The first-order valence-corrected chi connectivity index (χ1v) is 9.66. The van der Waals surface area contributed by atoms with Crippen molar-refractivity contribution in [3.63, 3.8) is 0 Å². The number of rotatable bonds is 7. The minimum atomic E-state index is -0.340. The highest BCUT2D eigenvalue weighted by atomic mass is 32.1. The van der Waals surface area contributed by atoms with E-state index in [0.29, 0.717) is 29.5 Å². The van der Waals surface area contributed by atoms with E-state index in [0.717, 1.165) is 4.88 Å². The predicted octanol–water partition coefficient (Wildman–Crippen LogP) is 4.21. The second-order valence-electron chi connectivity index (χ2n) is 6.05. The smallest absolute Gasteiger partial charge is 0.291 e. The molecular formula is C20H16N4O4S. The Kier molecular flexibility index (Phi) is 5.48. The van der Waals surface area contributed by atoms with E-state index in [9.17, 15) is 9.59 Å². The second kappa shape index (κ2) is 8.53. The summed E-state index contributed by atoms with van der Waals surface area (Å²) >= 11 is 1.52. The SMILES string of the molecule is O=C(CCc1nc(-c2cccs2)no1)Nc1ccc(NC(=O)c2ccco2)cc1. The molecule has 4 aromatic rings. The number of thiophene rings is 1. The first-order chi connectivity index (χ1) is 14.2. The van der Waals surface area contributed by atoms with Gasteiger partial charge in [-0.1, -0.05) is 11.2 Å². The van der Waals surface area contributed by atoms with Gasteiger partial charge in [0, 0.05) is 24.2 Å². The highest BCUT2D eigenvalue weighted by molar-refractivity contribution is 7.13. The first-order valence-electron chi connectivity index (χ1n) is 8.78. The van der Waals surface area contributed by atoms with Crippen LogP contribution in [0.2, 0.25) is 0 Å². The van der Waals surface area contributed by atoms with Crippen LogP contribution < -0.4 is 10.6 Å². The molecule has 9 heteroatoms. The molecule has 0 bridgehead atoms. The Balaban J connectivity index is 1.27. The molecule has 0 fully saturated rings. The predicted molar refractivity (Wildman–Crippen MR) is 108 cm³/mol. The van der Waals surface area contributed by atoms with Gasteiger partial charge in [0.05, 0.1) is 11.1 Å². The number of aryl methyl sites for hydroxylation is 1. The van der Waals surface area contributed by atoms with Gasteiger partial charge >= 0.3 is 0 Å². The number of nitrogens with zero attached hydrogens (tertiary/aromatic N) is 2. The molecule has 0 saturated heterocycles. The van der Waals surface area contributed by atoms with Crippen LogP contribution in [0.1, 0.15) is 22.9 Å². The summed E-state index contributed by atoms with van der Waals surface area (Å²) in [6, 6.07) is 13.9. The van der Waals surface area contributed by atoms with Crippen LogP contribution in [0.25, 0.3) is 10.7 Å². The molecule has 8 nitrogen and oxygen atoms in total. The quantitative estimate of drug-likeness (QED) is 0.474. The van der Waals surface area contributed by atoms with E-state index in [1.807, 2.05) is 17.5 Å². The van der Waals surface area contributed by atoms with Gasteiger partial charge < -0.3 is 19.6 Å². The third kappa shape index (κ3) is 4.77. The van der Waals surface area contributed by atoms with Crippen molar-refractivity contribution in [2.24, 2.45) is 0 Å². The van der Waals surface area contributed by atoms with E-state index in [-0.39, 0.29) is 24.0 Å². The summed E-state index contributed by atoms with van der Waals surface area (Å²) in [7, 11) is 0. The Labute approximate surface area is 169 Å². The van der Waals surface area contributed by atoms with E-state index in [1.165, 1.54) is 17.6 Å². The molecule has 3 aromatic heterocycles. The lowest BCUT2D eigenvalue weighted by molar-refractivity contribution is -0.116. The maximum Gasteiger partial charge on any atom is 0.291 e. The summed E-state index contributed by atoms with van der Waals surface area (Å²) in [5.74, 6) is 0.661. The molecule has 146 valence electrons. The lowest BCUT2D eigenvalue weighted by atomic mass is 10.2. The monoisotopic (exact) mass is 408 g/mol. The lowest BCUT2D eigenvalue weighted by Crippen LogP contribution is -2.13. The van der Waals surface area contributed by atoms with Crippen LogP contribution in [-0.4, -0.2) is 22.0 Å². The maximum atomic E-state index is 12.2. The Morgan fingerprint density at radius 2 is 1.79 bits per heavy atom. The number of anilines is 2. The molecule has 0 aliphatic carbocycles. The Hall–Kier alpha value is -3.72. The molecule has 0 aliphatic rings. The average molecular weight is 408 g/mol. The number of hydrogen-bond donors (Lipinski definition) is 2. The molecule has 2 amide bonds. The number of furan rings is 1. The van der Waals surface area contributed by atoms with E-state index in [2.05, 4.69) is 20.8 Å². The van der Waals surface area contributed by atoms with Crippen LogP contribution in [0, 0.1) is 0 Å². The average Bonchev–Trinajstić information content (AvgIpc) is 3.50. The molecule has 0 radical (unpaired) electrons. The largest absolute Gasteiger partial charge is 0.459 e. The van der Waals surface area contributed by atoms with Crippen molar-refractivity contribution < 1.29 is 18.5 Å². The van der Waals surface area contributed by atoms with Crippen LogP contribution in [0.3, 0.4) is 0 Å². The summed E-state index contributed by atoms with van der Waals surface area (Å²) in [5, 5.41) is 11.4. The Morgan fingerprint density at radius 3 is 2.48 bits per heavy atom. The topological polar surface area (TPSA) is 110 Å². The molecule has 2 N–H and O–H groups in total. The van der Waals surface area contributed by atoms with Crippen LogP contribution in [0.15, 0.2) is 69.1 Å². The summed E-state index contributed by atoms with van der Waals surface area (Å²) < 4.78 is 10.2. The van der Waals surface area contributed by atoms with Crippen molar-refractivity contribution in [2.75, 3.05) is 10.6 Å². The highest BCUT2D eigenvalue weighted by Crippen LogP contribution is 2.21. The second-order valence-corrected chi connectivity index (χ2v) is 6.99. The lowest BCUT2D eigenvalue weighted by Gasteiger charge is -2.07. The van der Waals surface area contributed by atoms with Crippen molar-refractivity contribution in [1.82, 2.24) is 10.1 Å². The molecule has 0 spiro atoms. The standard InChI is InChI=1S/C20H16N4O4S/c25-17(9-10-18-23-19(24-28-18)16-4-2-12-29-16)21-13-5-7-14(8-6-13)22-20(26)15-3-1-11-27-15/h1-8,11-12H,9-10H2,(H,21,25)(H,22,26). The third-order valence-corrected chi connectivity index (χ3v) is 4.81. The van der Waals surface area contributed by atoms with Gasteiger partial charge in [-0.05, 0) is 47.8 Å². The van der Waals surface area contributed by atoms with Gasteiger partial charge in [0.25, 0.3) is 5.91 Å². The van der Waals surface area contributed by atoms with Gasteiger partial charge in [0.15, 0.2) is 5.76 Å². The number of aromatic nitrogens is 2. The van der Waals surface area contributed by atoms with Gasteiger partial charge in [-0.15, -0.1) is 11.3 Å². The normalized spacial score (nSPS) is 10.6. The zero-order valence-electron chi connectivity index (χ0n) is 15.1. The molecule has 0 saturated carbocycles. The van der Waals surface area contributed by atoms with Gasteiger partial charge in [-0.3, -0.25) is 9.59 Å². The van der Waals surface area contributed by atoms with E-state index in [1.54, 1.807) is 36.4 Å².